The Morgan fingerprint density at radius 2 is 1.70 bits per heavy atom. The Balaban J connectivity index is 1.25. The Bertz CT molecular complexity index is 928. The normalized spacial score (nSPS) is 16.9. The van der Waals surface area contributed by atoms with Crippen LogP contribution in [0.4, 0.5) is 5.95 Å². The third kappa shape index (κ3) is 3.97. The van der Waals surface area contributed by atoms with Crippen molar-refractivity contribution in [2.75, 3.05) is 51.3 Å². The number of anilines is 1. The molecule has 1 fully saturated rings. The molecule has 158 valence electrons. The molecule has 9 heteroatoms. The number of carbonyl (C=O) groups excluding carboxylic acids is 2. The minimum atomic E-state index is -0.309. The average molecular weight is 410 g/mol. The van der Waals surface area contributed by atoms with Gasteiger partial charge in [0.25, 0.3) is 11.8 Å². The van der Waals surface area contributed by atoms with Gasteiger partial charge in [0, 0.05) is 50.8 Å². The standard InChI is InChI=1S/C21H26N6O3/c1-15-14-16-17(18(24-15)30-2)20(29)27(19(16)28)9-4-3-8-25-10-12-26(13-11-25)21-22-6-5-7-23-21/h5-7,14H,3-4,8-13H2,1-2H3. The summed E-state index contributed by atoms with van der Waals surface area (Å²) in [4.78, 5) is 44.2. The van der Waals surface area contributed by atoms with Crippen molar-refractivity contribution < 1.29 is 14.3 Å². The second-order valence-electron chi connectivity index (χ2n) is 7.54. The zero-order valence-corrected chi connectivity index (χ0v) is 17.4. The Kier molecular flexibility index (Phi) is 5.89. The number of amides is 2. The van der Waals surface area contributed by atoms with Crippen LogP contribution in [0.3, 0.4) is 0 Å². The second kappa shape index (κ2) is 8.74. The van der Waals surface area contributed by atoms with Gasteiger partial charge in [0.05, 0.1) is 12.7 Å². The SMILES string of the molecule is COc1nc(C)cc2c1C(=O)N(CCCCN1CCN(c3ncccn3)CC1)C2=O. The highest BCUT2D eigenvalue weighted by Crippen LogP contribution is 2.30. The molecule has 0 spiro atoms. The number of piperazine rings is 1. The quantitative estimate of drug-likeness (QED) is 0.500. The summed E-state index contributed by atoms with van der Waals surface area (Å²) in [7, 11) is 1.46. The molecule has 0 atom stereocenters. The topological polar surface area (TPSA) is 91.8 Å². The minimum Gasteiger partial charge on any atom is -0.480 e. The van der Waals surface area contributed by atoms with E-state index in [9.17, 15) is 9.59 Å². The van der Waals surface area contributed by atoms with Crippen molar-refractivity contribution in [2.24, 2.45) is 0 Å². The maximum atomic E-state index is 12.7. The van der Waals surface area contributed by atoms with Gasteiger partial charge in [0.15, 0.2) is 0 Å². The van der Waals surface area contributed by atoms with Gasteiger partial charge in [-0.05, 0) is 38.4 Å². The van der Waals surface area contributed by atoms with E-state index in [0.29, 0.717) is 17.8 Å². The van der Waals surface area contributed by atoms with E-state index in [4.69, 9.17) is 4.74 Å². The highest BCUT2D eigenvalue weighted by atomic mass is 16.5. The van der Waals surface area contributed by atoms with Crippen molar-refractivity contribution in [1.82, 2.24) is 24.8 Å². The number of hydrogen-bond acceptors (Lipinski definition) is 8. The molecule has 4 rings (SSSR count). The Hall–Kier alpha value is -3.07. The average Bonchev–Trinajstić information content (AvgIpc) is 3.01. The fraction of sp³-hybridized carbons (Fsp3) is 0.476. The van der Waals surface area contributed by atoms with Gasteiger partial charge in [0.2, 0.25) is 11.8 Å². The number of unbranched alkanes of at least 4 members (excludes halogenated alkanes) is 1. The predicted octanol–water partition coefficient (Wildman–Crippen LogP) is 1.39. The van der Waals surface area contributed by atoms with E-state index in [-0.39, 0.29) is 23.3 Å². The summed E-state index contributed by atoms with van der Waals surface area (Å²) in [5.74, 6) is 0.445. The minimum absolute atomic E-state index is 0.228. The molecule has 0 radical (unpaired) electrons. The van der Waals surface area contributed by atoms with E-state index >= 15 is 0 Å². The molecular weight excluding hydrogens is 384 g/mol. The van der Waals surface area contributed by atoms with E-state index in [1.165, 1.54) is 12.0 Å². The lowest BCUT2D eigenvalue weighted by Gasteiger charge is -2.34. The number of aryl methyl sites for hydroxylation is 1. The van der Waals surface area contributed by atoms with Crippen LogP contribution < -0.4 is 9.64 Å². The lowest BCUT2D eigenvalue weighted by Crippen LogP contribution is -2.47. The third-order valence-corrected chi connectivity index (χ3v) is 5.56. The maximum absolute atomic E-state index is 12.7. The first-order valence-corrected chi connectivity index (χ1v) is 10.2. The van der Waals surface area contributed by atoms with Crippen LogP contribution in [0.1, 0.15) is 39.3 Å². The summed E-state index contributed by atoms with van der Waals surface area (Å²) in [6.07, 6.45) is 5.22. The zero-order chi connectivity index (χ0) is 21.1. The van der Waals surface area contributed by atoms with E-state index in [2.05, 4.69) is 24.8 Å². The molecule has 0 aliphatic carbocycles. The number of carbonyl (C=O) groups is 2. The fourth-order valence-corrected chi connectivity index (χ4v) is 3.97. The van der Waals surface area contributed by atoms with Crippen molar-refractivity contribution in [3.05, 3.63) is 41.3 Å². The van der Waals surface area contributed by atoms with Crippen molar-refractivity contribution in [3.8, 4) is 5.88 Å². The lowest BCUT2D eigenvalue weighted by molar-refractivity contribution is 0.0649. The monoisotopic (exact) mass is 410 g/mol. The molecule has 0 N–H and O–H groups in total. The highest BCUT2D eigenvalue weighted by Gasteiger charge is 2.38. The van der Waals surface area contributed by atoms with Crippen molar-refractivity contribution in [3.63, 3.8) is 0 Å². The van der Waals surface area contributed by atoms with Crippen LogP contribution in [0.2, 0.25) is 0 Å². The van der Waals surface area contributed by atoms with E-state index < -0.39 is 0 Å². The van der Waals surface area contributed by atoms with Crippen molar-refractivity contribution >= 4 is 17.8 Å². The molecule has 2 amide bonds. The Morgan fingerprint density at radius 1 is 1.00 bits per heavy atom. The summed E-state index contributed by atoms with van der Waals surface area (Å²) in [6.45, 7) is 6.83. The van der Waals surface area contributed by atoms with Crippen LogP contribution in [-0.2, 0) is 0 Å². The van der Waals surface area contributed by atoms with Gasteiger partial charge in [-0.1, -0.05) is 0 Å². The molecule has 0 bridgehead atoms. The molecular formula is C21H26N6O3. The summed E-state index contributed by atoms with van der Waals surface area (Å²) >= 11 is 0. The number of fused-ring (bicyclic) bond motifs is 1. The van der Waals surface area contributed by atoms with E-state index in [0.717, 1.165) is 51.5 Å². The second-order valence-corrected chi connectivity index (χ2v) is 7.54. The molecule has 4 heterocycles. The molecule has 2 aromatic heterocycles. The fourth-order valence-electron chi connectivity index (χ4n) is 3.97. The van der Waals surface area contributed by atoms with Gasteiger partial charge in [-0.3, -0.25) is 19.4 Å². The van der Waals surface area contributed by atoms with E-state index in [1.807, 2.05) is 6.07 Å². The molecule has 0 unspecified atom stereocenters. The first kappa shape index (κ1) is 20.2. The zero-order valence-electron chi connectivity index (χ0n) is 17.4. The summed E-state index contributed by atoms with van der Waals surface area (Å²) in [5.41, 5.74) is 1.34. The molecule has 2 aromatic rings. The van der Waals surface area contributed by atoms with Gasteiger partial charge in [0.1, 0.15) is 5.56 Å². The number of ether oxygens (including phenoxy) is 1. The first-order valence-electron chi connectivity index (χ1n) is 10.2. The molecule has 0 aromatic carbocycles. The smallest absolute Gasteiger partial charge is 0.267 e. The van der Waals surface area contributed by atoms with Crippen LogP contribution in [0.5, 0.6) is 5.88 Å². The Labute approximate surface area is 175 Å². The molecule has 9 nitrogen and oxygen atoms in total. The summed E-state index contributed by atoms with van der Waals surface area (Å²) < 4.78 is 5.22. The van der Waals surface area contributed by atoms with Gasteiger partial charge < -0.3 is 9.64 Å². The molecule has 2 aliphatic heterocycles. The number of pyridine rings is 1. The van der Waals surface area contributed by atoms with Crippen molar-refractivity contribution in [1.29, 1.82) is 0 Å². The molecule has 1 saturated heterocycles. The summed E-state index contributed by atoms with van der Waals surface area (Å²) in [6, 6.07) is 3.48. The number of imide groups is 1. The number of hydrogen-bond donors (Lipinski definition) is 0. The van der Waals surface area contributed by atoms with Crippen LogP contribution >= 0.6 is 0 Å². The Morgan fingerprint density at radius 3 is 2.40 bits per heavy atom. The van der Waals surface area contributed by atoms with Crippen LogP contribution in [-0.4, -0.2) is 82.9 Å². The van der Waals surface area contributed by atoms with Gasteiger partial charge >= 0.3 is 0 Å². The summed E-state index contributed by atoms with van der Waals surface area (Å²) in [5, 5.41) is 0. The number of methoxy groups -OCH3 is 1. The lowest BCUT2D eigenvalue weighted by atomic mass is 10.1. The maximum Gasteiger partial charge on any atom is 0.267 e. The van der Waals surface area contributed by atoms with E-state index in [1.54, 1.807) is 25.4 Å². The van der Waals surface area contributed by atoms with Crippen molar-refractivity contribution in [2.45, 2.75) is 19.8 Å². The third-order valence-electron chi connectivity index (χ3n) is 5.56. The largest absolute Gasteiger partial charge is 0.480 e. The predicted molar refractivity (Wildman–Crippen MR) is 111 cm³/mol. The number of nitrogens with zero attached hydrogens (tertiary/aromatic N) is 6. The molecule has 0 saturated carbocycles. The number of aromatic nitrogens is 3. The van der Waals surface area contributed by atoms with Gasteiger partial charge in [-0.2, -0.15) is 0 Å². The van der Waals surface area contributed by atoms with Crippen LogP contribution in [0, 0.1) is 6.92 Å². The van der Waals surface area contributed by atoms with Gasteiger partial charge in [-0.25, -0.2) is 15.0 Å². The molecule has 30 heavy (non-hydrogen) atoms. The first-order chi connectivity index (χ1) is 14.6. The highest BCUT2D eigenvalue weighted by molar-refractivity contribution is 6.22. The van der Waals surface area contributed by atoms with Crippen LogP contribution in [0.25, 0.3) is 0 Å². The number of rotatable bonds is 7. The van der Waals surface area contributed by atoms with Gasteiger partial charge in [-0.15, -0.1) is 0 Å². The molecule has 2 aliphatic rings. The van der Waals surface area contributed by atoms with Crippen LogP contribution in [0.15, 0.2) is 24.5 Å².